The van der Waals surface area contributed by atoms with Crippen LogP contribution in [0.25, 0.3) is 0 Å². The molecule has 0 heterocycles. The minimum Gasteiger partial charge on any atom is -0.490 e. The van der Waals surface area contributed by atoms with Gasteiger partial charge in [0.25, 0.3) is 5.91 Å². The van der Waals surface area contributed by atoms with Crippen LogP contribution in [0.4, 0.5) is 5.69 Å². The van der Waals surface area contributed by atoms with Crippen LogP contribution in [0, 0.1) is 0 Å². The van der Waals surface area contributed by atoms with Gasteiger partial charge in [0.2, 0.25) is 10.0 Å². The van der Waals surface area contributed by atoms with Crippen LogP contribution in [-0.2, 0) is 14.8 Å². The van der Waals surface area contributed by atoms with E-state index in [2.05, 4.69) is 10.5 Å². The summed E-state index contributed by atoms with van der Waals surface area (Å²) in [5.74, 6) is 1.80. The SMILES string of the molecule is CCCOc1ccc(/C=N\NC(=O)[C@@H](C)N(c2ccc(Oc3ccccc3)cc2)S(C)(=O)=O)cc1OCC. The molecule has 38 heavy (non-hydrogen) atoms. The molecular formula is C28H33N3O6S. The number of ether oxygens (including phenoxy) is 3. The van der Waals surface area contributed by atoms with E-state index < -0.39 is 22.0 Å². The number of sulfonamides is 1. The van der Waals surface area contributed by atoms with E-state index in [9.17, 15) is 13.2 Å². The predicted octanol–water partition coefficient (Wildman–Crippen LogP) is 4.97. The highest BCUT2D eigenvalue weighted by Gasteiger charge is 2.29. The Morgan fingerprint density at radius 1 is 0.974 bits per heavy atom. The minimum absolute atomic E-state index is 0.323. The number of amides is 1. The fourth-order valence-corrected chi connectivity index (χ4v) is 4.74. The highest BCUT2D eigenvalue weighted by molar-refractivity contribution is 7.92. The first-order chi connectivity index (χ1) is 18.2. The lowest BCUT2D eigenvalue weighted by atomic mass is 10.2. The molecule has 1 amide bonds. The highest BCUT2D eigenvalue weighted by Crippen LogP contribution is 2.29. The summed E-state index contributed by atoms with van der Waals surface area (Å²) in [7, 11) is -3.79. The summed E-state index contributed by atoms with van der Waals surface area (Å²) in [6.45, 7) is 6.43. The number of anilines is 1. The zero-order chi connectivity index (χ0) is 27.5. The van der Waals surface area contributed by atoms with Gasteiger partial charge >= 0.3 is 0 Å². The fourth-order valence-electron chi connectivity index (χ4n) is 3.56. The van der Waals surface area contributed by atoms with E-state index in [0.29, 0.717) is 47.5 Å². The second-order valence-corrected chi connectivity index (χ2v) is 10.2. The monoisotopic (exact) mass is 539 g/mol. The van der Waals surface area contributed by atoms with E-state index in [0.717, 1.165) is 17.0 Å². The quantitative estimate of drug-likeness (QED) is 0.243. The zero-order valence-electron chi connectivity index (χ0n) is 22.0. The van der Waals surface area contributed by atoms with Crippen LogP contribution in [0.3, 0.4) is 0 Å². The summed E-state index contributed by atoms with van der Waals surface area (Å²) in [6.07, 6.45) is 3.37. The van der Waals surface area contributed by atoms with Gasteiger partial charge in [-0.2, -0.15) is 5.10 Å². The van der Waals surface area contributed by atoms with Crippen molar-refractivity contribution in [2.75, 3.05) is 23.8 Å². The second-order valence-electron chi connectivity index (χ2n) is 8.37. The van der Waals surface area contributed by atoms with Crippen LogP contribution in [0.15, 0.2) is 77.9 Å². The zero-order valence-corrected chi connectivity index (χ0v) is 22.8. The number of nitrogens with one attached hydrogen (secondary N) is 1. The van der Waals surface area contributed by atoms with Gasteiger partial charge in [-0.1, -0.05) is 25.1 Å². The normalized spacial score (nSPS) is 12.1. The molecular weight excluding hydrogens is 506 g/mol. The number of hydrogen-bond donors (Lipinski definition) is 1. The van der Waals surface area contributed by atoms with E-state index >= 15 is 0 Å². The number of rotatable bonds is 13. The Morgan fingerprint density at radius 2 is 1.66 bits per heavy atom. The molecule has 0 aliphatic heterocycles. The highest BCUT2D eigenvalue weighted by atomic mass is 32.2. The third kappa shape index (κ3) is 7.97. The van der Waals surface area contributed by atoms with Crippen LogP contribution in [0.2, 0.25) is 0 Å². The molecule has 9 nitrogen and oxygen atoms in total. The van der Waals surface area contributed by atoms with Crippen molar-refractivity contribution in [1.82, 2.24) is 5.43 Å². The summed E-state index contributed by atoms with van der Waals surface area (Å²) in [5.41, 5.74) is 3.43. The van der Waals surface area contributed by atoms with E-state index in [1.54, 1.807) is 42.5 Å². The molecule has 0 aliphatic carbocycles. The average molecular weight is 540 g/mol. The first-order valence-electron chi connectivity index (χ1n) is 12.3. The molecule has 0 aliphatic rings. The first-order valence-corrected chi connectivity index (χ1v) is 14.1. The number of carbonyl (C=O) groups excluding carboxylic acids is 1. The number of para-hydroxylation sites is 1. The molecule has 1 atom stereocenters. The van der Waals surface area contributed by atoms with Crippen LogP contribution >= 0.6 is 0 Å². The van der Waals surface area contributed by atoms with Crippen molar-refractivity contribution in [3.63, 3.8) is 0 Å². The molecule has 202 valence electrons. The van der Waals surface area contributed by atoms with Crippen molar-refractivity contribution < 1.29 is 27.4 Å². The lowest BCUT2D eigenvalue weighted by Crippen LogP contribution is -2.46. The Morgan fingerprint density at radius 3 is 2.29 bits per heavy atom. The molecule has 0 fully saturated rings. The van der Waals surface area contributed by atoms with Gasteiger partial charge in [-0.25, -0.2) is 13.8 Å². The first kappa shape index (κ1) is 28.5. The van der Waals surface area contributed by atoms with E-state index in [4.69, 9.17) is 14.2 Å². The van der Waals surface area contributed by atoms with Crippen LogP contribution in [0.1, 0.15) is 32.8 Å². The maximum atomic E-state index is 12.8. The minimum atomic E-state index is -3.79. The number of benzene rings is 3. The van der Waals surface area contributed by atoms with Crippen molar-refractivity contribution in [2.45, 2.75) is 33.2 Å². The largest absolute Gasteiger partial charge is 0.490 e. The van der Waals surface area contributed by atoms with Gasteiger partial charge in [-0.05, 0) is 80.4 Å². The molecule has 0 saturated carbocycles. The van der Waals surface area contributed by atoms with Crippen molar-refractivity contribution in [2.24, 2.45) is 5.10 Å². The second kappa shape index (κ2) is 13.5. The molecule has 1 N–H and O–H groups in total. The third-order valence-corrected chi connectivity index (χ3v) is 6.52. The predicted molar refractivity (Wildman–Crippen MR) is 149 cm³/mol. The van der Waals surface area contributed by atoms with Crippen LogP contribution in [0.5, 0.6) is 23.0 Å². The molecule has 0 bridgehead atoms. The van der Waals surface area contributed by atoms with Gasteiger partial charge < -0.3 is 14.2 Å². The summed E-state index contributed by atoms with van der Waals surface area (Å²) >= 11 is 0. The van der Waals surface area contributed by atoms with E-state index in [1.165, 1.54) is 13.1 Å². The van der Waals surface area contributed by atoms with Gasteiger partial charge in [0.05, 0.1) is 31.4 Å². The van der Waals surface area contributed by atoms with Gasteiger partial charge in [0.1, 0.15) is 17.5 Å². The number of carbonyl (C=O) groups is 1. The maximum absolute atomic E-state index is 12.8. The summed E-state index contributed by atoms with van der Waals surface area (Å²) < 4.78 is 43.4. The van der Waals surface area contributed by atoms with Crippen molar-refractivity contribution >= 4 is 27.8 Å². The van der Waals surface area contributed by atoms with Crippen molar-refractivity contribution in [3.05, 3.63) is 78.4 Å². The summed E-state index contributed by atoms with van der Waals surface area (Å²) in [6, 6.07) is 20.0. The Labute approximate surface area is 224 Å². The van der Waals surface area contributed by atoms with Crippen molar-refractivity contribution in [1.29, 1.82) is 0 Å². The molecule has 0 radical (unpaired) electrons. The van der Waals surface area contributed by atoms with Crippen LogP contribution < -0.4 is 23.9 Å². The Balaban J connectivity index is 1.70. The van der Waals surface area contributed by atoms with E-state index in [1.807, 2.05) is 44.2 Å². The molecule has 3 rings (SSSR count). The molecule has 3 aromatic rings. The smallest absolute Gasteiger partial charge is 0.263 e. The van der Waals surface area contributed by atoms with Crippen molar-refractivity contribution in [3.8, 4) is 23.0 Å². The Hall–Kier alpha value is -4.05. The molecule has 3 aromatic carbocycles. The molecule has 0 unspecified atom stereocenters. The van der Waals surface area contributed by atoms with Crippen LogP contribution in [-0.4, -0.2) is 46.1 Å². The standard InChI is InChI=1S/C28H33N3O6S/c1-5-18-36-26-17-12-22(19-27(26)35-6-2)20-29-30-28(32)21(3)31(38(4,33)34)23-13-15-25(16-14-23)37-24-10-8-7-9-11-24/h7-17,19-21H,5-6,18H2,1-4H3,(H,30,32)/b29-20-/t21-/m1/s1. The van der Waals surface area contributed by atoms with Gasteiger partial charge in [0.15, 0.2) is 11.5 Å². The van der Waals surface area contributed by atoms with Gasteiger partial charge in [-0.15, -0.1) is 0 Å². The molecule has 0 saturated heterocycles. The summed E-state index contributed by atoms with van der Waals surface area (Å²) in [4.78, 5) is 12.8. The fraction of sp³-hybridized carbons (Fsp3) is 0.286. The molecule has 10 heteroatoms. The topological polar surface area (TPSA) is 107 Å². The van der Waals surface area contributed by atoms with Gasteiger partial charge in [-0.3, -0.25) is 9.10 Å². The number of hydrogen-bond acceptors (Lipinski definition) is 7. The average Bonchev–Trinajstić information content (AvgIpc) is 2.89. The number of hydrazone groups is 1. The Bertz CT molecular complexity index is 1330. The molecule has 0 aromatic heterocycles. The lowest BCUT2D eigenvalue weighted by molar-refractivity contribution is -0.121. The number of nitrogens with zero attached hydrogens (tertiary/aromatic N) is 2. The molecule has 0 spiro atoms. The van der Waals surface area contributed by atoms with Gasteiger partial charge in [0, 0.05) is 0 Å². The van der Waals surface area contributed by atoms with E-state index in [-0.39, 0.29) is 0 Å². The maximum Gasteiger partial charge on any atom is 0.263 e. The lowest BCUT2D eigenvalue weighted by Gasteiger charge is -2.27. The Kier molecular flexibility index (Phi) is 10.1. The summed E-state index contributed by atoms with van der Waals surface area (Å²) in [5, 5.41) is 4.01. The third-order valence-electron chi connectivity index (χ3n) is 5.28.